The summed E-state index contributed by atoms with van der Waals surface area (Å²) in [6, 6.07) is 10.4. The second-order valence-corrected chi connectivity index (χ2v) is 6.04. The molecule has 2 aromatic carbocycles. The average molecular weight is 351 g/mol. The highest BCUT2D eigenvalue weighted by Crippen LogP contribution is 2.34. The highest BCUT2D eigenvalue weighted by atomic mass is 35.5. The van der Waals surface area contributed by atoms with Crippen molar-refractivity contribution in [3.05, 3.63) is 69.6 Å². The van der Waals surface area contributed by atoms with E-state index in [9.17, 15) is 13.6 Å². The number of carbonyl (C=O) groups is 1. The minimum Gasteiger partial charge on any atom is -0.266 e. The van der Waals surface area contributed by atoms with Gasteiger partial charge in [0.2, 0.25) is 0 Å². The number of amides is 1. The lowest BCUT2D eigenvalue weighted by molar-refractivity contribution is 0.0959. The number of nitrogens with zero attached hydrogens (tertiary/aromatic N) is 1. The van der Waals surface area contributed by atoms with Crippen molar-refractivity contribution >= 4 is 45.1 Å². The number of hydrogen-bond donors (Lipinski definition) is 1. The van der Waals surface area contributed by atoms with Gasteiger partial charge in [-0.2, -0.15) is 5.10 Å². The van der Waals surface area contributed by atoms with Crippen molar-refractivity contribution in [1.29, 1.82) is 0 Å². The summed E-state index contributed by atoms with van der Waals surface area (Å²) in [7, 11) is 0. The molecule has 7 heteroatoms. The van der Waals surface area contributed by atoms with E-state index in [1.807, 2.05) is 24.3 Å². The molecule has 0 fully saturated rings. The molecule has 0 aliphatic heterocycles. The second-order valence-electron chi connectivity index (χ2n) is 4.61. The maximum Gasteiger partial charge on any atom is 0.283 e. The Balaban J connectivity index is 1.78. The van der Waals surface area contributed by atoms with Gasteiger partial charge in [-0.1, -0.05) is 29.8 Å². The molecule has 3 nitrogen and oxygen atoms in total. The van der Waals surface area contributed by atoms with E-state index in [0.717, 1.165) is 28.4 Å². The van der Waals surface area contributed by atoms with Crippen LogP contribution in [0, 0.1) is 11.6 Å². The Hall–Kier alpha value is -2.31. The predicted octanol–water partition coefficient (Wildman–Crippen LogP) is 4.60. The number of hydrogen-bond acceptors (Lipinski definition) is 3. The number of rotatable bonds is 3. The molecule has 0 aliphatic carbocycles. The van der Waals surface area contributed by atoms with E-state index in [2.05, 4.69) is 10.5 Å². The number of thiophene rings is 1. The number of benzene rings is 2. The molecule has 0 saturated carbocycles. The highest BCUT2D eigenvalue weighted by molar-refractivity contribution is 7.21. The quantitative estimate of drug-likeness (QED) is 0.544. The molecule has 1 aromatic heterocycles. The third-order valence-corrected chi connectivity index (χ3v) is 4.75. The van der Waals surface area contributed by atoms with Crippen LogP contribution in [0.4, 0.5) is 8.78 Å². The first kappa shape index (κ1) is 15.6. The molecule has 0 bridgehead atoms. The summed E-state index contributed by atoms with van der Waals surface area (Å²) in [5.74, 6) is -1.93. The van der Waals surface area contributed by atoms with E-state index in [4.69, 9.17) is 11.6 Å². The van der Waals surface area contributed by atoms with Crippen molar-refractivity contribution in [2.75, 3.05) is 0 Å². The summed E-state index contributed by atoms with van der Waals surface area (Å²) in [6.45, 7) is 0. The second kappa shape index (κ2) is 6.44. The SMILES string of the molecule is O=C(N/N=C\c1ccc(F)cc1F)c1sc2ccccc2c1Cl. The number of carbonyl (C=O) groups excluding carboxylic acids is 1. The Morgan fingerprint density at radius 3 is 2.74 bits per heavy atom. The van der Waals surface area contributed by atoms with E-state index in [1.54, 1.807) is 0 Å². The molecule has 0 unspecified atom stereocenters. The first-order chi connectivity index (χ1) is 11.1. The van der Waals surface area contributed by atoms with Gasteiger partial charge in [-0.3, -0.25) is 4.79 Å². The van der Waals surface area contributed by atoms with Crippen molar-refractivity contribution in [1.82, 2.24) is 5.43 Å². The van der Waals surface area contributed by atoms with Crippen LogP contribution in [0.1, 0.15) is 15.2 Å². The fourth-order valence-electron chi connectivity index (χ4n) is 1.98. The van der Waals surface area contributed by atoms with Gasteiger partial charge in [0, 0.05) is 21.7 Å². The number of nitrogens with one attached hydrogen (secondary N) is 1. The van der Waals surface area contributed by atoms with E-state index < -0.39 is 17.5 Å². The number of fused-ring (bicyclic) bond motifs is 1. The smallest absolute Gasteiger partial charge is 0.266 e. The molecule has 23 heavy (non-hydrogen) atoms. The van der Waals surface area contributed by atoms with Gasteiger partial charge in [-0.05, 0) is 18.2 Å². The van der Waals surface area contributed by atoms with Gasteiger partial charge in [0.1, 0.15) is 16.5 Å². The zero-order valence-electron chi connectivity index (χ0n) is 11.5. The van der Waals surface area contributed by atoms with Gasteiger partial charge >= 0.3 is 0 Å². The van der Waals surface area contributed by atoms with Gasteiger partial charge in [-0.15, -0.1) is 11.3 Å². The third-order valence-electron chi connectivity index (χ3n) is 3.07. The Kier molecular flexibility index (Phi) is 4.36. The molecule has 0 spiro atoms. The maximum absolute atomic E-state index is 13.4. The van der Waals surface area contributed by atoms with Crippen LogP contribution in [0.5, 0.6) is 0 Å². The van der Waals surface area contributed by atoms with Gasteiger partial charge in [0.15, 0.2) is 0 Å². The molecule has 116 valence electrons. The zero-order valence-corrected chi connectivity index (χ0v) is 13.1. The Bertz CT molecular complexity index is 924. The maximum atomic E-state index is 13.4. The first-order valence-corrected chi connectivity index (χ1v) is 7.71. The minimum absolute atomic E-state index is 0.0640. The summed E-state index contributed by atoms with van der Waals surface area (Å²) < 4.78 is 27.1. The van der Waals surface area contributed by atoms with Gasteiger partial charge in [-0.25, -0.2) is 14.2 Å². The molecular formula is C16H9ClF2N2OS. The van der Waals surface area contributed by atoms with Crippen LogP contribution in [0.3, 0.4) is 0 Å². The van der Waals surface area contributed by atoms with Crippen LogP contribution in [0.15, 0.2) is 47.6 Å². The molecule has 1 amide bonds. The van der Waals surface area contributed by atoms with E-state index in [1.165, 1.54) is 17.4 Å². The first-order valence-electron chi connectivity index (χ1n) is 6.52. The van der Waals surface area contributed by atoms with Gasteiger partial charge in [0.25, 0.3) is 5.91 Å². The fourth-order valence-corrected chi connectivity index (χ4v) is 3.38. The van der Waals surface area contributed by atoms with Crippen LogP contribution in [0.2, 0.25) is 5.02 Å². The van der Waals surface area contributed by atoms with Crippen LogP contribution in [0.25, 0.3) is 10.1 Å². The minimum atomic E-state index is -0.761. The van der Waals surface area contributed by atoms with Crippen LogP contribution >= 0.6 is 22.9 Å². The van der Waals surface area contributed by atoms with E-state index in [-0.39, 0.29) is 5.56 Å². The van der Waals surface area contributed by atoms with Crippen molar-refractivity contribution in [3.63, 3.8) is 0 Å². The van der Waals surface area contributed by atoms with E-state index in [0.29, 0.717) is 9.90 Å². The van der Waals surface area contributed by atoms with Crippen molar-refractivity contribution in [2.45, 2.75) is 0 Å². The molecule has 0 atom stereocenters. The average Bonchev–Trinajstić information content (AvgIpc) is 2.87. The molecule has 0 saturated heterocycles. The van der Waals surface area contributed by atoms with Crippen LogP contribution in [-0.4, -0.2) is 12.1 Å². The monoisotopic (exact) mass is 350 g/mol. The summed E-state index contributed by atoms with van der Waals surface area (Å²) in [6.07, 6.45) is 1.11. The topological polar surface area (TPSA) is 41.5 Å². The van der Waals surface area contributed by atoms with Crippen molar-refractivity contribution in [3.8, 4) is 0 Å². The highest BCUT2D eigenvalue weighted by Gasteiger charge is 2.16. The largest absolute Gasteiger partial charge is 0.283 e. The molecule has 0 radical (unpaired) electrons. The normalized spacial score (nSPS) is 11.3. The van der Waals surface area contributed by atoms with Gasteiger partial charge in [0.05, 0.1) is 11.2 Å². The van der Waals surface area contributed by atoms with Gasteiger partial charge < -0.3 is 0 Å². The Morgan fingerprint density at radius 2 is 2.00 bits per heavy atom. The van der Waals surface area contributed by atoms with Crippen LogP contribution in [-0.2, 0) is 0 Å². The summed E-state index contributed by atoms with van der Waals surface area (Å²) >= 11 is 7.43. The molecule has 1 heterocycles. The summed E-state index contributed by atoms with van der Waals surface area (Å²) in [5, 5.41) is 4.82. The molecular weight excluding hydrogens is 342 g/mol. The van der Waals surface area contributed by atoms with Crippen molar-refractivity contribution in [2.24, 2.45) is 5.10 Å². The Labute approximate surface area is 139 Å². The number of halogens is 3. The standard InChI is InChI=1S/C16H9ClF2N2OS/c17-14-11-3-1-2-4-13(11)23-15(14)16(22)21-20-8-9-5-6-10(18)7-12(9)19/h1-8H,(H,21,22)/b20-8-. The zero-order chi connectivity index (χ0) is 16.4. The predicted molar refractivity (Wildman–Crippen MR) is 88.3 cm³/mol. The summed E-state index contributed by atoms with van der Waals surface area (Å²) in [5.41, 5.74) is 2.35. The van der Waals surface area contributed by atoms with Crippen molar-refractivity contribution < 1.29 is 13.6 Å². The summed E-state index contributed by atoms with van der Waals surface area (Å²) in [4.78, 5) is 12.4. The molecule has 0 aliphatic rings. The van der Waals surface area contributed by atoms with E-state index >= 15 is 0 Å². The lowest BCUT2D eigenvalue weighted by atomic mass is 10.2. The van der Waals surface area contributed by atoms with Crippen LogP contribution < -0.4 is 5.43 Å². The molecule has 1 N–H and O–H groups in total. The fraction of sp³-hybridized carbons (Fsp3) is 0. The third kappa shape index (κ3) is 3.23. The number of hydrazone groups is 1. The lowest BCUT2D eigenvalue weighted by Gasteiger charge is -1.98. The molecule has 3 aromatic rings. The lowest BCUT2D eigenvalue weighted by Crippen LogP contribution is -2.16. The molecule has 3 rings (SSSR count). The Morgan fingerprint density at radius 1 is 1.22 bits per heavy atom.